The summed E-state index contributed by atoms with van der Waals surface area (Å²) in [5, 5.41) is 24.8. The van der Waals surface area contributed by atoms with Crippen LogP contribution in [0.2, 0.25) is 0 Å². The summed E-state index contributed by atoms with van der Waals surface area (Å²) in [6.07, 6.45) is 5.85. The summed E-state index contributed by atoms with van der Waals surface area (Å²) in [7, 11) is 0. The minimum atomic E-state index is -0.939. The molecule has 1 fully saturated rings. The van der Waals surface area contributed by atoms with Crippen LogP contribution in [-0.2, 0) is 10.3 Å². The predicted molar refractivity (Wildman–Crippen MR) is 132 cm³/mol. The lowest BCUT2D eigenvalue weighted by atomic mass is 9.79. The molecule has 8 nitrogen and oxygen atoms in total. The second-order valence-electron chi connectivity index (χ2n) is 8.83. The molecule has 1 saturated carbocycles. The fourth-order valence-corrected chi connectivity index (χ4v) is 4.60. The monoisotopic (exact) mass is 469 g/mol. The molecule has 1 atom stereocenters. The molecule has 1 aliphatic carbocycles. The normalized spacial score (nSPS) is 15.4. The van der Waals surface area contributed by atoms with Gasteiger partial charge in [-0.15, -0.1) is 0 Å². The Labute approximate surface area is 204 Å². The summed E-state index contributed by atoms with van der Waals surface area (Å²) >= 11 is 0. The third-order valence-corrected chi connectivity index (χ3v) is 6.55. The van der Waals surface area contributed by atoms with Crippen molar-refractivity contribution in [1.82, 2.24) is 15.3 Å². The van der Waals surface area contributed by atoms with Gasteiger partial charge in [-0.1, -0.05) is 61.7 Å². The molecule has 3 N–H and O–H groups in total. The van der Waals surface area contributed by atoms with Crippen molar-refractivity contribution in [2.75, 3.05) is 5.32 Å². The Balaban J connectivity index is 1.67. The van der Waals surface area contributed by atoms with Gasteiger partial charge >= 0.3 is 12.0 Å². The van der Waals surface area contributed by atoms with Crippen LogP contribution in [0.4, 0.5) is 10.5 Å². The van der Waals surface area contributed by atoms with Gasteiger partial charge in [-0.2, -0.15) is 5.26 Å². The predicted octanol–water partition coefficient (Wildman–Crippen LogP) is 5.18. The number of aliphatic carboxylic acids is 1. The fourth-order valence-electron chi connectivity index (χ4n) is 4.60. The molecule has 35 heavy (non-hydrogen) atoms. The smallest absolute Gasteiger partial charge is 0.320 e. The first-order chi connectivity index (χ1) is 16.9. The Morgan fingerprint density at radius 1 is 1.09 bits per heavy atom. The number of carbonyl (C=O) groups excluding carboxylic acids is 1. The zero-order chi connectivity index (χ0) is 24.8. The van der Waals surface area contributed by atoms with Crippen LogP contribution in [0.25, 0.3) is 11.1 Å². The molecule has 1 unspecified atom stereocenters. The number of benzene rings is 2. The van der Waals surface area contributed by atoms with E-state index in [1.807, 2.05) is 42.5 Å². The molecule has 2 aromatic carbocycles. The second-order valence-corrected chi connectivity index (χ2v) is 8.83. The molecule has 1 aliphatic rings. The van der Waals surface area contributed by atoms with Crippen molar-refractivity contribution < 1.29 is 14.7 Å². The Morgan fingerprint density at radius 2 is 1.83 bits per heavy atom. The molecular formula is C27H27N5O3. The minimum absolute atomic E-state index is 0.0661. The maximum Gasteiger partial charge on any atom is 0.320 e. The highest BCUT2D eigenvalue weighted by Gasteiger charge is 2.37. The van der Waals surface area contributed by atoms with Crippen molar-refractivity contribution >= 4 is 17.7 Å². The van der Waals surface area contributed by atoms with Crippen LogP contribution in [0.5, 0.6) is 0 Å². The number of hydrogen-bond acceptors (Lipinski definition) is 5. The molecule has 3 aromatic rings. The van der Waals surface area contributed by atoms with Crippen molar-refractivity contribution in [3.63, 3.8) is 0 Å². The van der Waals surface area contributed by atoms with Crippen LogP contribution in [0.1, 0.15) is 62.0 Å². The largest absolute Gasteiger partial charge is 0.481 e. The molecule has 0 spiro atoms. The lowest BCUT2D eigenvalue weighted by Crippen LogP contribution is -2.49. The van der Waals surface area contributed by atoms with Gasteiger partial charge in [-0.3, -0.25) is 4.79 Å². The Hall–Kier alpha value is -4.25. The van der Waals surface area contributed by atoms with Gasteiger partial charge in [0, 0.05) is 11.8 Å². The Kier molecular flexibility index (Phi) is 7.06. The molecule has 178 valence electrons. The van der Waals surface area contributed by atoms with E-state index >= 15 is 0 Å². The number of aromatic nitrogens is 2. The third kappa shape index (κ3) is 5.30. The first-order valence-electron chi connectivity index (χ1n) is 11.7. The van der Waals surface area contributed by atoms with Crippen molar-refractivity contribution in [1.29, 1.82) is 5.26 Å². The summed E-state index contributed by atoms with van der Waals surface area (Å²) in [4.78, 5) is 33.3. The van der Waals surface area contributed by atoms with Crippen LogP contribution < -0.4 is 10.6 Å². The summed E-state index contributed by atoms with van der Waals surface area (Å²) in [6, 6.07) is 18.2. The zero-order valence-corrected chi connectivity index (χ0v) is 19.5. The second kappa shape index (κ2) is 10.3. The molecule has 1 heterocycles. The molecule has 0 bridgehead atoms. The van der Waals surface area contributed by atoms with E-state index in [9.17, 15) is 20.0 Å². The number of urea groups is 1. The number of rotatable bonds is 6. The van der Waals surface area contributed by atoms with E-state index in [4.69, 9.17) is 0 Å². The van der Waals surface area contributed by atoms with Gasteiger partial charge in [0.2, 0.25) is 5.82 Å². The molecule has 8 heteroatoms. The fraction of sp³-hybridized carbons (Fsp3) is 0.296. The van der Waals surface area contributed by atoms with Crippen LogP contribution in [0.3, 0.4) is 0 Å². The number of anilines is 1. The SMILES string of the molecule is CC(C(=O)O)c1ccc(-c2ccccc2)c(NC(=O)NC2(c3ccnc(C#N)n3)CCCCC2)c1. The number of nitrogens with zero attached hydrogens (tertiary/aromatic N) is 3. The number of nitrogens with one attached hydrogen (secondary N) is 2. The van der Waals surface area contributed by atoms with Crippen LogP contribution in [0.15, 0.2) is 60.8 Å². The summed E-state index contributed by atoms with van der Waals surface area (Å²) < 4.78 is 0. The van der Waals surface area contributed by atoms with Gasteiger partial charge in [0.1, 0.15) is 6.07 Å². The maximum atomic E-state index is 13.4. The quantitative estimate of drug-likeness (QED) is 0.456. The number of carbonyl (C=O) groups is 2. The van der Waals surface area contributed by atoms with Gasteiger partial charge < -0.3 is 15.7 Å². The van der Waals surface area contributed by atoms with E-state index in [1.165, 1.54) is 0 Å². The van der Waals surface area contributed by atoms with Crippen molar-refractivity contribution in [2.24, 2.45) is 0 Å². The molecular weight excluding hydrogens is 442 g/mol. The third-order valence-electron chi connectivity index (χ3n) is 6.55. The van der Waals surface area contributed by atoms with Crippen LogP contribution in [-0.4, -0.2) is 27.1 Å². The number of carboxylic acids is 1. The van der Waals surface area contributed by atoms with Gasteiger partial charge in [0.05, 0.1) is 22.8 Å². The minimum Gasteiger partial charge on any atom is -0.481 e. The molecule has 0 aliphatic heterocycles. The molecule has 0 radical (unpaired) electrons. The Morgan fingerprint density at radius 3 is 2.51 bits per heavy atom. The number of nitriles is 1. The van der Waals surface area contributed by atoms with E-state index < -0.39 is 23.5 Å². The van der Waals surface area contributed by atoms with E-state index in [1.54, 1.807) is 31.3 Å². The topological polar surface area (TPSA) is 128 Å². The lowest BCUT2D eigenvalue weighted by Gasteiger charge is -2.37. The van der Waals surface area contributed by atoms with E-state index in [0.717, 1.165) is 30.4 Å². The number of hydrogen-bond donors (Lipinski definition) is 3. The molecule has 0 saturated heterocycles. The number of carboxylic acid groups (broad SMARTS) is 1. The Bertz CT molecular complexity index is 1260. The van der Waals surface area contributed by atoms with E-state index in [-0.39, 0.29) is 5.82 Å². The summed E-state index contributed by atoms with van der Waals surface area (Å²) in [6.45, 7) is 1.61. The van der Waals surface area contributed by atoms with Crippen molar-refractivity contribution in [2.45, 2.75) is 50.5 Å². The molecule has 4 rings (SSSR count). The van der Waals surface area contributed by atoms with E-state index in [2.05, 4.69) is 20.6 Å². The first-order valence-corrected chi connectivity index (χ1v) is 11.7. The highest BCUT2D eigenvalue weighted by Crippen LogP contribution is 2.37. The average Bonchev–Trinajstić information content (AvgIpc) is 2.89. The molecule has 1 aromatic heterocycles. The number of amides is 2. The molecule has 2 amide bonds. The van der Waals surface area contributed by atoms with Gasteiger partial charge in [0.25, 0.3) is 0 Å². The maximum absolute atomic E-state index is 13.4. The summed E-state index contributed by atoms with van der Waals surface area (Å²) in [5.74, 6) is -1.60. The van der Waals surface area contributed by atoms with Gasteiger partial charge in [-0.25, -0.2) is 14.8 Å². The highest BCUT2D eigenvalue weighted by molar-refractivity contribution is 5.95. The zero-order valence-electron chi connectivity index (χ0n) is 19.5. The standard InChI is InChI=1S/C27H27N5O3/c1-18(25(33)34)20-10-11-21(19-8-4-2-5-9-19)22(16-20)30-26(35)32-27(13-6-3-7-14-27)23-12-15-29-24(17-28)31-23/h2,4-5,8-12,15-16,18H,3,6-7,13-14H2,1H3,(H,33,34)(H2,30,32,35). The van der Waals surface area contributed by atoms with Gasteiger partial charge in [-0.05, 0) is 43.0 Å². The van der Waals surface area contributed by atoms with Gasteiger partial charge in [0.15, 0.2) is 0 Å². The lowest BCUT2D eigenvalue weighted by molar-refractivity contribution is -0.138. The van der Waals surface area contributed by atoms with Crippen LogP contribution in [0, 0.1) is 11.3 Å². The first kappa shape index (κ1) is 23.9. The van der Waals surface area contributed by atoms with Crippen LogP contribution >= 0.6 is 0 Å². The van der Waals surface area contributed by atoms with Crippen molar-refractivity contribution in [3.05, 3.63) is 77.9 Å². The summed E-state index contributed by atoms with van der Waals surface area (Å²) in [5.41, 5.74) is 2.71. The highest BCUT2D eigenvalue weighted by atomic mass is 16.4. The van der Waals surface area contributed by atoms with E-state index in [0.29, 0.717) is 29.8 Å². The average molecular weight is 470 g/mol. The van der Waals surface area contributed by atoms with Crippen molar-refractivity contribution in [3.8, 4) is 17.2 Å².